The molecule has 0 aromatic heterocycles. The van der Waals surface area contributed by atoms with E-state index in [1.165, 1.54) is 13.0 Å². The van der Waals surface area contributed by atoms with Crippen molar-refractivity contribution in [2.24, 2.45) is 0 Å². The van der Waals surface area contributed by atoms with E-state index in [4.69, 9.17) is 10.8 Å². The van der Waals surface area contributed by atoms with Gasteiger partial charge in [-0.25, -0.2) is 4.79 Å². The lowest BCUT2D eigenvalue weighted by Crippen LogP contribution is -2.20. The second kappa shape index (κ2) is 6.44. The van der Waals surface area contributed by atoms with Crippen LogP contribution in [0, 0.1) is 0 Å². The third-order valence-corrected chi connectivity index (χ3v) is 2.35. The van der Waals surface area contributed by atoms with Crippen LogP contribution in [0.4, 0.5) is 5.69 Å². The average Bonchev–Trinajstić information content (AvgIpc) is 2.30. The number of anilines is 1. The van der Waals surface area contributed by atoms with Gasteiger partial charge in [-0.2, -0.15) is 0 Å². The standard InChI is InChI=1S/C13H16N2O3/c1-9(16)15-8-3-2-5-10-6-4-7-11(12(10)14)13(17)18/h2,4-7H,3,8,14H2,1H3,(H,15,16)(H,17,18). The van der Waals surface area contributed by atoms with Gasteiger partial charge in [-0.05, 0) is 18.1 Å². The molecular weight excluding hydrogens is 232 g/mol. The van der Waals surface area contributed by atoms with Crippen LogP contribution in [-0.4, -0.2) is 23.5 Å². The zero-order valence-electron chi connectivity index (χ0n) is 10.1. The normalized spacial score (nSPS) is 10.5. The van der Waals surface area contributed by atoms with E-state index in [0.29, 0.717) is 18.5 Å². The molecule has 0 heterocycles. The van der Waals surface area contributed by atoms with E-state index in [1.54, 1.807) is 18.2 Å². The molecule has 0 atom stereocenters. The number of nitrogens with one attached hydrogen (secondary N) is 1. The minimum atomic E-state index is -1.04. The van der Waals surface area contributed by atoms with Crippen molar-refractivity contribution in [2.45, 2.75) is 13.3 Å². The van der Waals surface area contributed by atoms with Crippen molar-refractivity contribution in [3.63, 3.8) is 0 Å². The summed E-state index contributed by atoms with van der Waals surface area (Å²) in [5.41, 5.74) is 6.76. The van der Waals surface area contributed by atoms with Crippen LogP contribution in [0.25, 0.3) is 6.08 Å². The fourth-order valence-electron chi connectivity index (χ4n) is 1.46. The van der Waals surface area contributed by atoms with E-state index in [0.717, 1.165) is 0 Å². The molecule has 0 unspecified atom stereocenters. The van der Waals surface area contributed by atoms with Gasteiger partial charge in [0.05, 0.1) is 11.3 Å². The summed E-state index contributed by atoms with van der Waals surface area (Å²) < 4.78 is 0. The summed E-state index contributed by atoms with van der Waals surface area (Å²) >= 11 is 0. The van der Waals surface area contributed by atoms with Crippen LogP contribution in [0.1, 0.15) is 29.3 Å². The number of carbonyl (C=O) groups is 2. The van der Waals surface area contributed by atoms with Gasteiger partial charge in [-0.15, -0.1) is 0 Å². The Morgan fingerprint density at radius 3 is 2.78 bits per heavy atom. The van der Waals surface area contributed by atoms with Crippen molar-refractivity contribution in [2.75, 3.05) is 12.3 Å². The van der Waals surface area contributed by atoms with Gasteiger partial charge in [0, 0.05) is 13.5 Å². The second-order valence-corrected chi connectivity index (χ2v) is 3.79. The largest absolute Gasteiger partial charge is 0.478 e. The third kappa shape index (κ3) is 3.93. The first-order valence-electron chi connectivity index (χ1n) is 5.55. The minimum Gasteiger partial charge on any atom is -0.478 e. The Kier molecular flexibility index (Phi) is 4.92. The Labute approximate surface area is 105 Å². The van der Waals surface area contributed by atoms with Crippen molar-refractivity contribution in [1.29, 1.82) is 0 Å². The molecule has 0 aliphatic rings. The highest BCUT2D eigenvalue weighted by molar-refractivity contribution is 5.95. The fourth-order valence-corrected chi connectivity index (χ4v) is 1.46. The van der Waals surface area contributed by atoms with E-state index in [2.05, 4.69) is 5.32 Å². The number of hydrogen-bond acceptors (Lipinski definition) is 3. The van der Waals surface area contributed by atoms with Crippen LogP contribution in [0.2, 0.25) is 0 Å². The Balaban J connectivity index is 2.67. The molecule has 0 radical (unpaired) electrons. The molecule has 18 heavy (non-hydrogen) atoms. The Bertz CT molecular complexity index is 481. The molecular formula is C13H16N2O3. The van der Waals surface area contributed by atoms with Crippen LogP contribution in [0.3, 0.4) is 0 Å². The summed E-state index contributed by atoms with van der Waals surface area (Å²) in [4.78, 5) is 21.5. The summed E-state index contributed by atoms with van der Waals surface area (Å²) in [6.07, 6.45) is 4.26. The van der Waals surface area contributed by atoms with Gasteiger partial charge in [0.15, 0.2) is 0 Å². The molecule has 0 fully saturated rings. The number of carbonyl (C=O) groups excluding carboxylic acids is 1. The van der Waals surface area contributed by atoms with Gasteiger partial charge >= 0.3 is 5.97 Å². The lowest BCUT2D eigenvalue weighted by molar-refractivity contribution is -0.118. The number of para-hydroxylation sites is 1. The summed E-state index contributed by atoms with van der Waals surface area (Å²) in [5.74, 6) is -1.11. The predicted molar refractivity (Wildman–Crippen MR) is 70.1 cm³/mol. The predicted octanol–water partition coefficient (Wildman–Crippen LogP) is 1.51. The van der Waals surface area contributed by atoms with Gasteiger partial charge in [-0.1, -0.05) is 24.3 Å². The molecule has 5 heteroatoms. The van der Waals surface area contributed by atoms with E-state index >= 15 is 0 Å². The topological polar surface area (TPSA) is 92.4 Å². The second-order valence-electron chi connectivity index (χ2n) is 3.79. The number of benzene rings is 1. The van der Waals surface area contributed by atoms with Crippen molar-refractivity contribution >= 4 is 23.6 Å². The lowest BCUT2D eigenvalue weighted by Gasteiger charge is -2.04. The molecule has 1 aromatic carbocycles. The van der Waals surface area contributed by atoms with Crippen LogP contribution in [0.15, 0.2) is 24.3 Å². The molecule has 96 valence electrons. The summed E-state index contributed by atoms with van der Waals surface area (Å²) in [5, 5.41) is 11.6. The Hall–Kier alpha value is -2.30. The quantitative estimate of drug-likeness (QED) is 0.544. The molecule has 0 bridgehead atoms. The first kappa shape index (κ1) is 13.8. The number of carboxylic acid groups (broad SMARTS) is 1. The highest BCUT2D eigenvalue weighted by Gasteiger charge is 2.08. The van der Waals surface area contributed by atoms with Gasteiger partial charge in [0.1, 0.15) is 0 Å². The van der Waals surface area contributed by atoms with Gasteiger partial charge < -0.3 is 16.2 Å². The van der Waals surface area contributed by atoms with Crippen LogP contribution in [-0.2, 0) is 4.79 Å². The highest BCUT2D eigenvalue weighted by atomic mass is 16.4. The molecule has 1 amide bonds. The minimum absolute atomic E-state index is 0.0733. The molecule has 5 nitrogen and oxygen atoms in total. The summed E-state index contributed by atoms with van der Waals surface area (Å²) in [7, 11) is 0. The first-order chi connectivity index (χ1) is 8.52. The molecule has 0 saturated carbocycles. The summed E-state index contributed by atoms with van der Waals surface area (Å²) in [6.45, 7) is 2.00. The molecule has 1 rings (SSSR count). The third-order valence-electron chi connectivity index (χ3n) is 2.35. The number of aromatic carboxylic acids is 1. The molecule has 0 saturated heterocycles. The highest BCUT2D eigenvalue weighted by Crippen LogP contribution is 2.19. The summed E-state index contributed by atoms with van der Waals surface area (Å²) in [6, 6.07) is 4.86. The number of amides is 1. The van der Waals surface area contributed by atoms with E-state index in [9.17, 15) is 9.59 Å². The molecule has 0 aliphatic carbocycles. The number of carboxylic acids is 1. The van der Waals surface area contributed by atoms with Gasteiger partial charge in [0.2, 0.25) is 5.91 Å². The average molecular weight is 248 g/mol. The molecule has 4 N–H and O–H groups in total. The van der Waals surface area contributed by atoms with Crippen LogP contribution < -0.4 is 11.1 Å². The maximum absolute atomic E-state index is 10.9. The number of rotatable bonds is 5. The maximum atomic E-state index is 10.9. The molecule has 1 aromatic rings. The van der Waals surface area contributed by atoms with E-state index in [-0.39, 0.29) is 17.2 Å². The SMILES string of the molecule is CC(=O)NCCC=Cc1cccc(C(=O)O)c1N. The van der Waals surface area contributed by atoms with Crippen LogP contribution >= 0.6 is 0 Å². The smallest absolute Gasteiger partial charge is 0.337 e. The zero-order chi connectivity index (χ0) is 13.5. The fraction of sp³-hybridized carbons (Fsp3) is 0.231. The Morgan fingerprint density at radius 1 is 1.44 bits per heavy atom. The van der Waals surface area contributed by atoms with Crippen LogP contribution in [0.5, 0.6) is 0 Å². The van der Waals surface area contributed by atoms with Crippen molar-refractivity contribution in [1.82, 2.24) is 5.32 Å². The number of hydrogen-bond donors (Lipinski definition) is 3. The first-order valence-corrected chi connectivity index (χ1v) is 5.55. The van der Waals surface area contributed by atoms with Crippen molar-refractivity contribution < 1.29 is 14.7 Å². The monoisotopic (exact) mass is 248 g/mol. The van der Waals surface area contributed by atoms with Crippen molar-refractivity contribution in [3.05, 3.63) is 35.4 Å². The van der Waals surface area contributed by atoms with E-state index in [1.807, 2.05) is 6.08 Å². The molecule has 0 spiro atoms. The zero-order valence-corrected chi connectivity index (χ0v) is 10.1. The maximum Gasteiger partial charge on any atom is 0.337 e. The van der Waals surface area contributed by atoms with Gasteiger partial charge in [-0.3, -0.25) is 4.79 Å². The van der Waals surface area contributed by atoms with Crippen molar-refractivity contribution in [3.8, 4) is 0 Å². The Morgan fingerprint density at radius 2 is 2.17 bits per heavy atom. The van der Waals surface area contributed by atoms with E-state index < -0.39 is 5.97 Å². The lowest BCUT2D eigenvalue weighted by atomic mass is 10.1. The molecule has 0 aliphatic heterocycles. The number of nitrogens with two attached hydrogens (primary N) is 1. The van der Waals surface area contributed by atoms with Gasteiger partial charge in [0.25, 0.3) is 0 Å². The number of nitrogen functional groups attached to an aromatic ring is 1.